The van der Waals surface area contributed by atoms with Gasteiger partial charge in [-0.05, 0) is 50.3 Å². The highest BCUT2D eigenvalue weighted by Crippen LogP contribution is 2.17. The van der Waals surface area contributed by atoms with E-state index in [9.17, 15) is 9.59 Å². The van der Waals surface area contributed by atoms with Crippen LogP contribution in [-0.2, 0) is 0 Å². The molecule has 6 nitrogen and oxygen atoms in total. The van der Waals surface area contributed by atoms with Crippen LogP contribution in [0, 0.1) is 6.92 Å². The van der Waals surface area contributed by atoms with Crippen LogP contribution in [0.4, 0.5) is 0 Å². The van der Waals surface area contributed by atoms with Gasteiger partial charge in [0.05, 0.1) is 12.2 Å². The van der Waals surface area contributed by atoms with Gasteiger partial charge in [0.25, 0.3) is 11.8 Å². The van der Waals surface area contributed by atoms with Crippen molar-refractivity contribution in [3.05, 3.63) is 65.2 Å². The first-order valence-corrected chi connectivity index (χ1v) is 8.12. The Kier molecular flexibility index (Phi) is 6.47. The van der Waals surface area contributed by atoms with Crippen molar-refractivity contribution in [1.29, 1.82) is 0 Å². The third-order valence-corrected chi connectivity index (χ3v) is 3.47. The van der Waals surface area contributed by atoms with E-state index in [4.69, 9.17) is 17.0 Å². The Morgan fingerprint density at radius 3 is 2.36 bits per heavy atom. The summed E-state index contributed by atoms with van der Waals surface area (Å²) < 4.78 is 5.41. The monoisotopic (exact) mass is 357 g/mol. The number of ether oxygens (including phenoxy) is 1. The van der Waals surface area contributed by atoms with E-state index < -0.39 is 5.91 Å². The highest BCUT2D eigenvalue weighted by atomic mass is 32.1. The molecule has 0 spiro atoms. The van der Waals surface area contributed by atoms with Crippen LogP contribution >= 0.6 is 12.2 Å². The van der Waals surface area contributed by atoms with Crippen LogP contribution in [0.25, 0.3) is 0 Å². The third kappa shape index (κ3) is 5.29. The van der Waals surface area contributed by atoms with Gasteiger partial charge in [-0.2, -0.15) is 0 Å². The van der Waals surface area contributed by atoms with Gasteiger partial charge in [-0.3, -0.25) is 25.8 Å². The molecular weight excluding hydrogens is 338 g/mol. The van der Waals surface area contributed by atoms with E-state index in [-0.39, 0.29) is 11.0 Å². The number of amides is 2. The van der Waals surface area contributed by atoms with E-state index in [2.05, 4.69) is 16.2 Å². The summed E-state index contributed by atoms with van der Waals surface area (Å²) in [5.74, 6) is -0.313. The number of carbonyl (C=O) groups excluding carboxylic acids is 2. The zero-order valence-corrected chi connectivity index (χ0v) is 14.8. The maximum atomic E-state index is 12.3. The molecule has 0 aromatic heterocycles. The SMILES string of the molecule is CCOc1ccccc1C(=O)NC(=S)NNC(=O)c1ccc(C)cc1. The normalized spacial score (nSPS) is 9.84. The molecule has 0 radical (unpaired) electrons. The number of thiocarbonyl (C=S) groups is 1. The summed E-state index contributed by atoms with van der Waals surface area (Å²) in [7, 11) is 0. The van der Waals surface area contributed by atoms with Gasteiger partial charge in [0.15, 0.2) is 5.11 Å². The summed E-state index contributed by atoms with van der Waals surface area (Å²) >= 11 is 5.03. The van der Waals surface area contributed by atoms with Crippen molar-refractivity contribution in [3.8, 4) is 5.75 Å². The van der Waals surface area contributed by atoms with E-state index in [1.165, 1.54) is 0 Å². The summed E-state index contributed by atoms with van der Waals surface area (Å²) in [4.78, 5) is 24.3. The van der Waals surface area contributed by atoms with Gasteiger partial charge in [-0.25, -0.2) is 0 Å². The van der Waals surface area contributed by atoms with Crippen LogP contribution in [-0.4, -0.2) is 23.5 Å². The average Bonchev–Trinajstić information content (AvgIpc) is 2.61. The van der Waals surface area contributed by atoms with Crippen LogP contribution in [0.1, 0.15) is 33.2 Å². The standard InChI is InChI=1S/C18H19N3O3S/c1-3-24-15-7-5-4-6-14(15)17(23)19-18(25)21-20-16(22)13-10-8-12(2)9-11-13/h4-11H,3H2,1-2H3,(H,20,22)(H2,19,21,23,25). The Balaban J connectivity index is 1.90. The van der Waals surface area contributed by atoms with Crippen LogP contribution in [0.15, 0.2) is 48.5 Å². The van der Waals surface area contributed by atoms with Crippen molar-refractivity contribution >= 4 is 29.1 Å². The first kappa shape index (κ1) is 18.4. The zero-order valence-electron chi connectivity index (χ0n) is 14.0. The maximum Gasteiger partial charge on any atom is 0.269 e. The van der Waals surface area contributed by atoms with E-state index in [0.717, 1.165) is 5.56 Å². The topological polar surface area (TPSA) is 79.5 Å². The molecule has 0 fully saturated rings. The lowest BCUT2D eigenvalue weighted by molar-refractivity contribution is 0.0933. The molecule has 0 heterocycles. The Bertz CT molecular complexity index is 775. The number of hydrogen-bond donors (Lipinski definition) is 3. The van der Waals surface area contributed by atoms with E-state index in [1.807, 2.05) is 26.0 Å². The smallest absolute Gasteiger partial charge is 0.269 e. The van der Waals surface area contributed by atoms with E-state index >= 15 is 0 Å². The number of nitrogens with one attached hydrogen (secondary N) is 3. The number of aryl methyl sites for hydroxylation is 1. The minimum atomic E-state index is -0.425. The molecule has 2 rings (SSSR count). The summed E-state index contributed by atoms with van der Waals surface area (Å²) in [5.41, 5.74) is 6.84. The molecule has 0 aliphatic carbocycles. The number of benzene rings is 2. The Morgan fingerprint density at radius 1 is 1.00 bits per heavy atom. The number of para-hydroxylation sites is 1. The molecule has 2 aromatic rings. The maximum absolute atomic E-state index is 12.3. The van der Waals surface area contributed by atoms with Crippen molar-refractivity contribution < 1.29 is 14.3 Å². The first-order chi connectivity index (χ1) is 12.0. The Labute approximate surface area is 151 Å². The second-order valence-corrected chi connectivity index (χ2v) is 5.57. The summed E-state index contributed by atoms with van der Waals surface area (Å²) in [6.07, 6.45) is 0. The van der Waals surface area contributed by atoms with Gasteiger partial charge >= 0.3 is 0 Å². The zero-order chi connectivity index (χ0) is 18.2. The fourth-order valence-electron chi connectivity index (χ4n) is 2.03. The molecule has 130 valence electrons. The van der Waals surface area contributed by atoms with E-state index in [1.54, 1.807) is 36.4 Å². The van der Waals surface area contributed by atoms with Crippen LogP contribution in [0.5, 0.6) is 5.75 Å². The van der Waals surface area contributed by atoms with Crippen molar-refractivity contribution in [2.75, 3.05) is 6.61 Å². The van der Waals surface area contributed by atoms with Gasteiger partial charge in [-0.15, -0.1) is 0 Å². The van der Waals surface area contributed by atoms with Crippen LogP contribution in [0.3, 0.4) is 0 Å². The molecule has 0 aliphatic heterocycles. The lowest BCUT2D eigenvalue weighted by Gasteiger charge is -2.13. The molecule has 0 atom stereocenters. The molecule has 3 N–H and O–H groups in total. The van der Waals surface area contributed by atoms with Gasteiger partial charge in [0.2, 0.25) is 0 Å². The van der Waals surface area contributed by atoms with Gasteiger partial charge < -0.3 is 4.74 Å². The van der Waals surface area contributed by atoms with Crippen molar-refractivity contribution in [2.45, 2.75) is 13.8 Å². The third-order valence-electron chi connectivity index (χ3n) is 3.26. The number of hydrogen-bond acceptors (Lipinski definition) is 4. The van der Waals surface area contributed by atoms with Crippen molar-refractivity contribution in [3.63, 3.8) is 0 Å². The molecule has 7 heteroatoms. The molecule has 2 amide bonds. The van der Waals surface area contributed by atoms with Crippen LogP contribution in [0.2, 0.25) is 0 Å². The van der Waals surface area contributed by atoms with Crippen LogP contribution < -0.4 is 20.9 Å². The van der Waals surface area contributed by atoms with Gasteiger partial charge in [-0.1, -0.05) is 29.8 Å². The molecule has 0 saturated heterocycles. The van der Waals surface area contributed by atoms with E-state index in [0.29, 0.717) is 23.5 Å². The quantitative estimate of drug-likeness (QED) is 0.578. The highest BCUT2D eigenvalue weighted by molar-refractivity contribution is 7.80. The minimum absolute atomic E-state index is 0.0169. The summed E-state index contributed by atoms with van der Waals surface area (Å²) in [5, 5.41) is 2.48. The molecule has 0 bridgehead atoms. The number of rotatable bonds is 4. The number of carbonyl (C=O) groups is 2. The van der Waals surface area contributed by atoms with Crippen molar-refractivity contribution in [2.24, 2.45) is 0 Å². The average molecular weight is 357 g/mol. The van der Waals surface area contributed by atoms with Gasteiger partial charge in [0, 0.05) is 5.56 Å². The van der Waals surface area contributed by atoms with Gasteiger partial charge in [0.1, 0.15) is 5.75 Å². The molecule has 25 heavy (non-hydrogen) atoms. The predicted octanol–water partition coefficient (Wildman–Crippen LogP) is 2.34. The largest absolute Gasteiger partial charge is 0.493 e. The second kappa shape index (κ2) is 8.79. The minimum Gasteiger partial charge on any atom is -0.493 e. The second-order valence-electron chi connectivity index (χ2n) is 5.16. The Morgan fingerprint density at radius 2 is 1.68 bits per heavy atom. The molecule has 2 aromatic carbocycles. The fourth-order valence-corrected chi connectivity index (χ4v) is 2.17. The number of hydrazine groups is 1. The molecule has 0 unspecified atom stereocenters. The highest BCUT2D eigenvalue weighted by Gasteiger charge is 2.13. The summed E-state index contributed by atoms with van der Waals surface area (Å²) in [6, 6.07) is 13.9. The predicted molar refractivity (Wildman–Crippen MR) is 99.5 cm³/mol. The Hall–Kier alpha value is -2.93. The fraction of sp³-hybridized carbons (Fsp3) is 0.167. The molecular formula is C18H19N3O3S. The molecule has 0 aliphatic rings. The van der Waals surface area contributed by atoms with Crippen molar-refractivity contribution in [1.82, 2.24) is 16.2 Å². The first-order valence-electron chi connectivity index (χ1n) is 7.71. The lowest BCUT2D eigenvalue weighted by Crippen LogP contribution is -2.48. The summed E-state index contributed by atoms with van der Waals surface area (Å²) in [6.45, 7) is 4.21. The molecule has 0 saturated carbocycles. The lowest BCUT2D eigenvalue weighted by atomic mass is 10.1.